The first-order chi connectivity index (χ1) is 14.8. The monoisotopic (exact) mass is 440 g/mol. The number of aliphatic imine (C=N–C) groups is 1. The number of benzene rings is 2. The highest BCUT2D eigenvalue weighted by atomic mass is 32.2. The molecule has 0 saturated carbocycles. The molecule has 31 heavy (non-hydrogen) atoms. The predicted octanol–water partition coefficient (Wildman–Crippen LogP) is 3.68. The van der Waals surface area contributed by atoms with E-state index in [0.29, 0.717) is 22.6 Å². The van der Waals surface area contributed by atoms with E-state index in [-0.39, 0.29) is 16.5 Å². The summed E-state index contributed by atoms with van der Waals surface area (Å²) in [4.78, 5) is 16.5. The van der Waals surface area contributed by atoms with Gasteiger partial charge in [0.1, 0.15) is 17.3 Å². The summed E-state index contributed by atoms with van der Waals surface area (Å²) in [6, 6.07) is 15.3. The molecule has 0 radical (unpaired) electrons. The summed E-state index contributed by atoms with van der Waals surface area (Å²) in [5, 5.41) is 0. The van der Waals surface area contributed by atoms with E-state index in [2.05, 4.69) is 4.99 Å². The second kappa shape index (κ2) is 7.93. The van der Waals surface area contributed by atoms with Gasteiger partial charge in [-0.2, -0.15) is 0 Å². The molecular weight excluding hydrogens is 423 g/mol. The number of furan rings is 1. The summed E-state index contributed by atoms with van der Waals surface area (Å²) in [6.45, 7) is 0. The first-order valence-corrected chi connectivity index (χ1v) is 10.6. The van der Waals surface area contributed by atoms with Crippen molar-refractivity contribution < 1.29 is 26.8 Å². The molecule has 0 N–H and O–H groups in total. The van der Waals surface area contributed by atoms with Gasteiger partial charge in [-0.05, 0) is 42.5 Å². The fraction of sp³-hybridized carbons (Fsp3) is 0.0909. The van der Waals surface area contributed by atoms with Gasteiger partial charge in [0, 0.05) is 25.7 Å². The number of halogens is 1. The Balaban J connectivity index is 1.64. The van der Waals surface area contributed by atoms with Gasteiger partial charge in [-0.15, -0.1) is 0 Å². The molecule has 0 spiro atoms. The summed E-state index contributed by atoms with van der Waals surface area (Å²) in [7, 11) is -0.803. The Morgan fingerprint density at radius 1 is 1.03 bits per heavy atom. The van der Waals surface area contributed by atoms with Crippen LogP contribution in [0, 0.1) is 5.82 Å². The second-order valence-corrected chi connectivity index (χ2v) is 8.99. The maximum Gasteiger partial charge on any atom is 0.363 e. The first kappa shape index (κ1) is 20.7. The summed E-state index contributed by atoms with van der Waals surface area (Å²) >= 11 is 0. The average molecular weight is 440 g/mol. The average Bonchev–Trinajstić information content (AvgIpc) is 3.35. The van der Waals surface area contributed by atoms with Crippen molar-refractivity contribution in [3.63, 3.8) is 0 Å². The van der Waals surface area contributed by atoms with Crippen LogP contribution in [-0.4, -0.2) is 38.7 Å². The Labute approximate surface area is 178 Å². The van der Waals surface area contributed by atoms with Crippen LogP contribution >= 0.6 is 0 Å². The van der Waals surface area contributed by atoms with E-state index >= 15 is 0 Å². The number of esters is 1. The molecule has 0 saturated heterocycles. The summed E-state index contributed by atoms with van der Waals surface area (Å²) in [6.07, 6.45) is 1.38. The van der Waals surface area contributed by atoms with Crippen molar-refractivity contribution in [2.75, 3.05) is 14.1 Å². The third kappa shape index (κ3) is 4.05. The van der Waals surface area contributed by atoms with Crippen molar-refractivity contribution in [3.05, 3.63) is 83.5 Å². The zero-order valence-electron chi connectivity index (χ0n) is 16.6. The van der Waals surface area contributed by atoms with Gasteiger partial charge in [0.05, 0.1) is 10.5 Å². The zero-order chi connectivity index (χ0) is 22.2. The van der Waals surface area contributed by atoms with Crippen LogP contribution in [0.15, 0.2) is 80.7 Å². The highest BCUT2D eigenvalue weighted by Gasteiger charge is 2.26. The minimum absolute atomic E-state index is 0.0204. The lowest BCUT2D eigenvalue weighted by molar-refractivity contribution is -0.129. The minimum Gasteiger partial charge on any atom is -0.457 e. The van der Waals surface area contributed by atoms with Gasteiger partial charge in [0.15, 0.2) is 5.70 Å². The molecule has 1 aliphatic rings. The normalized spacial score (nSPS) is 15.4. The molecule has 0 bridgehead atoms. The Bertz CT molecular complexity index is 1340. The second-order valence-electron chi connectivity index (χ2n) is 6.83. The van der Waals surface area contributed by atoms with E-state index in [1.54, 1.807) is 36.4 Å². The number of rotatable bonds is 5. The summed E-state index contributed by atoms with van der Waals surface area (Å²) in [5.74, 6) is -0.557. The molecule has 1 aromatic heterocycles. The molecule has 9 heteroatoms. The van der Waals surface area contributed by atoms with Crippen molar-refractivity contribution in [1.29, 1.82) is 0 Å². The number of hydrogen-bond donors (Lipinski definition) is 0. The van der Waals surface area contributed by atoms with Gasteiger partial charge in [-0.3, -0.25) is 0 Å². The van der Waals surface area contributed by atoms with Gasteiger partial charge >= 0.3 is 5.97 Å². The third-order valence-electron chi connectivity index (χ3n) is 4.53. The molecule has 1 aliphatic heterocycles. The molecule has 2 aromatic carbocycles. The van der Waals surface area contributed by atoms with Crippen LogP contribution < -0.4 is 0 Å². The van der Waals surface area contributed by atoms with E-state index in [4.69, 9.17) is 9.15 Å². The number of nitrogens with zero attached hydrogens (tertiary/aromatic N) is 2. The molecule has 4 rings (SSSR count). The van der Waals surface area contributed by atoms with Crippen molar-refractivity contribution >= 4 is 28.0 Å². The van der Waals surface area contributed by atoms with Crippen LogP contribution in [0.3, 0.4) is 0 Å². The van der Waals surface area contributed by atoms with Crippen LogP contribution in [0.4, 0.5) is 4.39 Å². The maximum atomic E-state index is 13.9. The fourth-order valence-electron chi connectivity index (χ4n) is 2.90. The van der Waals surface area contributed by atoms with Gasteiger partial charge in [0.2, 0.25) is 15.9 Å². The highest BCUT2D eigenvalue weighted by molar-refractivity contribution is 7.89. The molecule has 3 aromatic rings. The van der Waals surface area contributed by atoms with Gasteiger partial charge in [0.25, 0.3) is 0 Å². The number of sulfonamides is 1. The molecule has 0 atom stereocenters. The number of ether oxygens (including phenoxy) is 1. The van der Waals surface area contributed by atoms with Crippen LogP contribution in [-0.2, 0) is 19.6 Å². The van der Waals surface area contributed by atoms with E-state index < -0.39 is 21.8 Å². The zero-order valence-corrected chi connectivity index (χ0v) is 17.4. The Hall–Kier alpha value is -3.56. The Kier molecular flexibility index (Phi) is 5.30. The molecule has 0 unspecified atom stereocenters. The number of carbonyl (C=O) groups is 1. The van der Waals surface area contributed by atoms with E-state index in [1.807, 2.05) is 0 Å². The number of cyclic esters (lactones) is 1. The molecule has 2 heterocycles. The van der Waals surface area contributed by atoms with Crippen LogP contribution in [0.25, 0.3) is 17.4 Å². The topological polar surface area (TPSA) is 89.2 Å². The minimum atomic E-state index is -3.65. The lowest BCUT2D eigenvalue weighted by atomic mass is 10.1. The molecule has 0 fully saturated rings. The highest BCUT2D eigenvalue weighted by Crippen LogP contribution is 2.27. The lowest BCUT2D eigenvalue weighted by Crippen LogP contribution is -2.22. The maximum absolute atomic E-state index is 13.9. The summed E-state index contributed by atoms with van der Waals surface area (Å²) < 4.78 is 50.5. The SMILES string of the molecule is CN(C)S(=O)(=O)c1cccc(C2=NC(=Cc3ccc(-c4ccccc4F)o3)C(=O)O2)c1. The van der Waals surface area contributed by atoms with Gasteiger partial charge in [-0.25, -0.2) is 26.9 Å². The van der Waals surface area contributed by atoms with E-state index in [0.717, 1.165) is 4.31 Å². The third-order valence-corrected chi connectivity index (χ3v) is 6.34. The van der Waals surface area contributed by atoms with Crippen LogP contribution in [0.5, 0.6) is 0 Å². The molecule has 0 aliphatic carbocycles. The standard InChI is InChI=1S/C22H17FN2O5S/c1-25(2)31(27,28)16-7-5-6-14(12-16)21-24-19(22(26)30-21)13-15-10-11-20(29-15)17-8-3-4-9-18(17)23/h3-13H,1-2H3. The number of hydrogen-bond acceptors (Lipinski definition) is 6. The Morgan fingerprint density at radius 2 is 1.81 bits per heavy atom. The molecule has 158 valence electrons. The van der Waals surface area contributed by atoms with E-state index in [1.165, 1.54) is 44.4 Å². The Morgan fingerprint density at radius 3 is 2.55 bits per heavy atom. The molecular formula is C22H17FN2O5S. The van der Waals surface area contributed by atoms with Crippen molar-refractivity contribution in [2.24, 2.45) is 4.99 Å². The quantitative estimate of drug-likeness (QED) is 0.446. The van der Waals surface area contributed by atoms with Gasteiger partial charge in [-0.1, -0.05) is 18.2 Å². The largest absolute Gasteiger partial charge is 0.457 e. The predicted molar refractivity (Wildman–Crippen MR) is 112 cm³/mol. The van der Waals surface area contributed by atoms with Crippen molar-refractivity contribution in [3.8, 4) is 11.3 Å². The number of carbonyl (C=O) groups excluding carboxylic acids is 1. The molecule has 7 nitrogen and oxygen atoms in total. The van der Waals surface area contributed by atoms with Crippen molar-refractivity contribution in [1.82, 2.24) is 4.31 Å². The summed E-state index contributed by atoms with van der Waals surface area (Å²) in [5.41, 5.74) is 0.612. The smallest absolute Gasteiger partial charge is 0.363 e. The van der Waals surface area contributed by atoms with Crippen LogP contribution in [0.1, 0.15) is 11.3 Å². The van der Waals surface area contributed by atoms with Crippen molar-refractivity contribution in [2.45, 2.75) is 4.90 Å². The van der Waals surface area contributed by atoms with E-state index in [9.17, 15) is 17.6 Å². The first-order valence-electron chi connectivity index (χ1n) is 9.16. The molecule has 0 amide bonds. The lowest BCUT2D eigenvalue weighted by Gasteiger charge is -2.11. The fourth-order valence-corrected chi connectivity index (χ4v) is 3.85. The van der Waals surface area contributed by atoms with Gasteiger partial charge < -0.3 is 9.15 Å². The van der Waals surface area contributed by atoms with Crippen LogP contribution in [0.2, 0.25) is 0 Å².